The molecule has 2 heterocycles. The molecule has 0 atom stereocenters. The molecule has 2 amide bonds. The molecule has 154 valence electrons. The Kier molecular flexibility index (Phi) is 5.31. The molecule has 2 aromatic carbocycles. The largest absolute Gasteiger partial charge is 0.339 e. The Morgan fingerprint density at radius 2 is 1.37 bits per heavy atom. The Bertz CT molecular complexity index is 1070. The molecule has 0 aliphatic carbocycles. The van der Waals surface area contributed by atoms with Crippen LogP contribution in [0.5, 0.6) is 0 Å². The fourth-order valence-corrected chi connectivity index (χ4v) is 3.46. The van der Waals surface area contributed by atoms with Crippen LogP contribution >= 0.6 is 0 Å². The molecular formula is C22H20F2N4O2. The Morgan fingerprint density at radius 1 is 0.833 bits per heavy atom. The van der Waals surface area contributed by atoms with Gasteiger partial charge in [-0.3, -0.25) is 9.59 Å². The Morgan fingerprint density at radius 3 is 1.93 bits per heavy atom. The summed E-state index contributed by atoms with van der Waals surface area (Å²) in [6.07, 6.45) is 0. The van der Waals surface area contributed by atoms with E-state index < -0.39 is 5.82 Å². The molecule has 1 aliphatic heterocycles. The van der Waals surface area contributed by atoms with E-state index in [2.05, 4.69) is 5.10 Å². The van der Waals surface area contributed by atoms with Crippen molar-refractivity contribution in [2.24, 2.45) is 0 Å². The SMILES string of the molecule is CC(=O)N1CCN(C(=O)c2cc(-c3ccc(F)cc3)nn2-c2ccc(F)cc2)CC1. The number of halogens is 2. The van der Waals surface area contributed by atoms with E-state index in [1.807, 2.05) is 0 Å². The second-order valence-corrected chi connectivity index (χ2v) is 7.11. The molecule has 0 radical (unpaired) electrons. The van der Waals surface area contributed by atoms with Crippen molar-refractivity contribution < 1.29 is 18.4 Å². The summed E-state index contributed by atoms with van der Waals surface area (Å²) in [7, 11) is 0. The van der Waals surface area contributed by atoms with Crippen molar-refractivity contribution in [3.63, 3.8) is 0 Å². The van der Waals surface area contributed by atoms with Gasteiger partial charge in [0.05, 0.1) is 11.4 Å². The maximum atomic E-state index is 13.4. The van der Waals surface area contributed by atoms with Gasteiger partial charge in [0.15, 0.2) is 0 Å². The average molecular weight is 410 g/mol. The van der Waals surface area contributed by atoms with Crippen LogP contribution in [-0.2, 0) is 4.79 Å². The first-order valence-corrected chi connectivity index (χ1v) is 9.59. The second kappa shape index (κ2) is 8.06. The lowest BCUT2D eigenvalue weighted by Gasteiger charge is -2.34. The van der Waals surface area contributed by atoms with E-state index in [0.29, 0.717) is 48.8 Å². The Hall–Kier alpha value is -3.55. The minimum Gasteiger partial charge on any atom is -0.339 e. The average Bonchev–Trinajstić information content (AvgIpc) is 3.19. The lowest BCUT2D eigenvalue weighted by Crippen LogP contribution is -2.50. The fraction of sp³-hybridized carbons (Fsp3) is 0.227. The topological polar surface area (TPSA) is 58.4 Å². The van der Waals surface area contributed by atoms with Crippen LogP contribution in [0.1, 0.15) is 17.4 Å². The summed E-state index contributed by atoms with van der Waals surface area (Å²) in [5, 5.41) is 4.53. The third-order valence-corrected chi connectivity index (χ3v) is 5.15. The first kappa shape index (κ1) is 19.8. The molecule has 8 heteroatoms. The van der Waals surface area contributed by atoms with Crippen LogP contribution in [0.3, 0.4) is 0 Å². The first-order valence-electron chi connectivity index (χ1n) is 9.59. The quantitative estimate of drug-likeness (QED) is 0.667. The van der Waals surface area contributed by atoms with Gasteiger partial charge in [0, 0.05) is 38.7 Å². The number of nitrogens with zero attached hydrogens (tertiary/aromatic N) is 4. The molecule has 0 saturated carbocycles. The number of hydrogen-bond acceptors (Lipinski definition) is 3. The van der Waals surface area contributed by atoms with Gasteiger partial charge in [-0.05, 0) is 54.6 Å². The maximum absolute atomic E-state index is 13.4. The summed E-state index contributed by atoms with van der Waals surface area (Å²) in [6, 6.07) is 13.2. The third kappa shape index (κ3) is 3.94. The van der Waals surface area contributed by atoms with Gasteiger partial charge in [0.2, 0.25) is 5.91 Å². The highest BCUT2D eigenvalue weighted by Gasteiger charge is 2.27. The van der Waals surface area contributed by atoms with Crippen LogP contribution < -0.4 is 0 Å². The van der Waals surface area contributed by atoms with E-state index in [1.165, 1.54) is 35.9 Å². The predicted molar refractivity (Wildman–Crippen MR) is 107 cm³/mol. The van der Waals surface area contributed by atoms with Crippen LogP contribution in [0, 0.1) is 11.6 Å². The van der Waals surface area contributed by atoms with E-state index in [4.69, 9.17) is 0 Å². The van der Waals surface area contributed by atoms with Crippen molar-refractivity contribution >= 4 is 11.8 Å². The summed E-state index contributed by atoms with van der Waals surface area (Å²) >= 11 is 0. The van der Waals surface area contributed by atoms with Crippen molar-refractivity contribution in [2.75, 3.05) is 26.2 Å². The summed E-state index contributed by atoms with van der Waals surface area (Å²) in [6.45, 7) is 3.28. The van der Waals surface area contributed by atoms with Crippen LogP contribution in [0.2, 0.25) is 0 Å². The molecular weight excluding hydrogens is 390 g/mol. The fourth-order valence-electron chi connectivity index (χ4n) is 3.46. The van der Waals surface area contributed by atoms with Crippen molar-refractivity contribution in [2.45, 2.75) is 6.92 Å². The van der Waals surface area contributed by atoms with Gasteiger partial charge in [-0.25, -0.2) is 13.5 Å². The summed E-state index contributed by atoms with van der Waals surface area (Å²) in [5.41, 5.74) is 2.02. The number of benzene rings is 2. The smallest absolute Gasteiger partial charge is 0.272 e. The van der Waals surface area contributed by atoms with Crippen molar-refractivity contribution in [1.82, 2.24) is 19.6 Å². The van der Waals surface area contributed by atoms with Crippen LogP contribution in [0.15, 0.2) is 54.6 Å². The van der Waals surface area contributed by atoms with E-state index >= 15 is 0 Å². The molecule has 0 unspecified atom stereocenters. The van der Waals surface area contributed by atoms with Crippen LogP contribution in [-0.4, -0.2) is 57.6 Å². The number of hydrogen-bond donors (Lipinski definition) is 0. The highest BCUT2D eigenvalue weighted by molar-refractivity contribution is 5.94. The zero-order valence-electron chi connectivity index (χ0n) is 16.4. The first-order chi connectivity index (χ1) is 14.4. The molecule has 1 fully saturated rings. The molecule has 6 nitrogen and oxygen atoms in total. The summed E-state index contributed by atoms with van der Waals surface area (Å²) in [4.78, 5) is 28.2. The van der Waals surface area contributed by atoms with Gasteiger partial charge in [-0.2, -0.15) is 5.10 Å². The zero-order chi connectivity index (χ0) is 21.3. The molecule has 4 rings (SSSR count). The minimum atomic E-state index is -0.391. The monoisotopic (exact) mass is 410 g/mol. The zero-order valence-corrected chi connectivity index (χ0v) is 16.4. The third-order valence-electron chi connectivity index (χ3n) is 5.15. The molecule has 0 N–H and O–H groups in total. The number of aromatic nitrogens is 2. The molecule has 1 saturated heterocycles. The van der Waals surface area contributed by atoms with Gasteiger partial charge in [0.25, 0.3) is 5.91 Å². The minimum absolute atomic E-state index is 0.0166. The Labute approximate surface area is 172 Å². The van der Waals surface area contributed by atoms with Gasteiger partial charge in [-0.1, -0.05) is 0 Å². The van der Waals surface area contributed by atoms with E-state index in [0.717, 1.165) is 0 Å². The number of amides is 2. The lowest BCUT2D eigenvalue weighted by atomic mass is 10.1. The number of carbonyl (C=O) groups excluding carboxylic acids is 2. The Balaban J connectivity index is 1.70. The van der Waals surface area contributed by atoms with Crippen LogP contribution in [0.25, 0.3) is 16.9 Å². The highest BCUT2D eigenvalue weighted by atomic mass is 19.1. The van der Waals surface area contributed by atoms with Gasteiger partial charge < -0.3 is 9.80 Å². The van der Waals surface area contributed by atoms with E-state index in [1.54, 1.807) is 40.1 Å². The molecule has 0 bridgehead atoms. The number of carbonyl (C=O) groups is 2. The highest BCUT2D eigenvalue weighted by Crippen LogP contribution is 2.24. The maximum Gasteiger partial charge on any atom is 0.272 e. The normalized spacial score (nSPS) is 14.1. The van der Waals surface area contributed by atoms with Gasteiger partial charge >= 0.3 is 0 Å². The van der Waals surface area contributed by atoms with Crippen molar-refractivity contribution in [1.29, 1.82) is 0 Å². The molecule has 1 aromatic heterocycles. The molecule has 0 spiro atoms. The van der Waals surface area contributed by atoms with Crippen molar-refractivity contribution in [3.05, 3.63) is 71.9 Å². The summed E-state index contributed by atoms with van der Waals surface area (Å²) in [5.74, 6) is -1.00. The molecule has 30 heavy (non-hydrogen) atoms. The van der Waals surface area contributed by atoms with Crippen LogP contribution in [0.4, 0.5) is 8.78 Å². The van der Waals surface area contributed by atoms with E-state index in [9.17, 15) is 18.4 Å². The second-order valence-electron chi connectivity index (χ2n) is 7.11. The predicted octanol–water partition coefficient (Wildman–Crippen LogP) is 3.12. The number of rotatable bonds is 3. The van der Waals surface area contributed by atoms with Crippen molar-refractivity contribution in [3.8, 4) is 16.9 Å². The summed E-state index contributed by atoms with van der Waals surface area (Å²) < 4.78 is 28.2. The van der Waals surface area contributed by atoms with E-state index in [-0.39, 0.29) is 17.6 Å². The molecule has 1 aliphatic rings. The lowest BCUT2D eigenvalue weighted by molar-refractivity contribution is -0.130. The van der Waals surface area contributed by atoms with Gasteiger partial charge in [-0.15, -0.1) is 0 Å². The standard InChI is InChI=1S/C22H20F2N4O2/c1-15(29)26-10-12-27(13-11-26)22(30)21-14-20(16-2-4-17(23)5-3-16)25-28(21)19-8-6-18(24)7-9-19/h2-9,14H,10-13H2,1H3. The molecule has 3 aromatic rings. The number of piperazine rings is 1. The van der Waals surface area contributed by atoms with Gasteiger partial charge in [0.1, 0.15) is 17.3 Å².